The van der Waals surface area contributed by atoms with Crippen LogP contribution in [0.1, 0.15) is 16.1 Å². The quantitative estimate of drug-likeness (QED) is 0.729. The van der Waals surface area contributed by atoms with Crippen molar-refractivity contribution in [2.75, 3.05) is 13.1 Å². The van der Waals surface area contributed by atoms with Crippen molar-refractivity contribution in [3.8, 4) is 0 Å². The van der Waals surface area contributed by atoms with Crippen molar-refractivity contribution in [3.05, 3.63) is 21.3 Å². The number of carbonyl (C=O) groups is 1. The van der Waals surface area contributed by atoms with Gasteiger partial charge in [0.2, 0.25) is 0 Å². The van der Waals surface area contributed by atoms with Gasteiger partial charge in [0.1, 0.15) is 4.88 Å². The third kappa shape index (κ3) is 1.97. The van der Waals surface area contributed by atoms with Crippen LogP contribution in [0.3, 0.4) is 0 Å². The summed E-state index contributed by atoms with van der Waals surface area (Å²) in [6, 6.07) is 1.77. The van der Waals surface area contributed by atoms with Gasteiger partial charge < -0.3 is 4.90 Å². The molecule has 1 aliphatic rings. The molecule has 5 heteroatoms. The molecular weight excluding hydrogens is 286 g/mol. The molecule has 1 unspecified atom stereocenters. The van der Waals surface area contributed by atoms with Crippen LogP contribution in [0.25, 0.3) is 0 Å². The minimum absolute atomic E-state index is 0.0620. The Bertz CT molecular complexity index is 354. The van der Waals surface area contributed by atoms with Crippen LogP contribution in [0.15, 0.2) is 11.4 Å². The van der Waals surface area contributed by atoms with Gasteiger partial charge >= 0.3 is 0 Å². The second-order valence-electron chi connectivity index (χ2n) is 3.23. The molecule has 14 heavy (non-hydrogen) atoms. The van der Waals surface area contributed by atoms with E-state index in [1.807, 2.05) is 10.3 Å². The molecule has 2 rings (SSSR count). The summed E-state index contributed by atoms with van der Waals surface area (Å²) in [5, 5.41) is 2.41. The van der Waals surface area contributed by atoms with E-state index in [2.05, 4.69) is 15.9 Å². The summed E-state index contributed by atoms with van der Waals surface area (Å²) in [5.41, 5.74) is 0. The predicted molar refractivity (Wildman–Crippen MR) is 62.6 cm³/mol. The SMILES string of the molecule is O=C(c1sccc1Cl)N1CCC(Br)C1. The fraction of sp³-hybridized carbons (Fsp3) is 0.444. The van der Waals surface area contributed by atoms with E-state index >= 15 is 0 Å². The van der Waals surface area contributed by atoms with E-state index in [-0.39, 0.29) is 5.91 Å². The predicted octanol–water partition coefficient (Wildman–Crippen LogP) is 3.01. The first kappa shape index (κ1) is 10.5. The normalized spacial score (nSPS) is 21.6. The molecule has 0 spiro atoms. The summed E-state index contributed by atoms with van der Waals surface area (Å²) in [5.74, 6) is 0.0620. The minimum Gasteiger partial charge on any atom is -0.337 e. The molecule has 0 radical (unpaired) electrons. The van der Waals surface area contributed by atoms with Gasteiger partial charge in [-0.25, -0.2) is 0 Å². The van der Waals surface area contributed by atoms with Gasteiger partial charge in [0.05, 0.1) is 5.02 Å². The van der Waals surface area contributed by atoms with Crippen LogP contribution in [0.5, 0.6) is 0 Å². The van der Waals surface area contributed by atoms with E-state index < -0.39 is 0 Å². The van der Waals surface area contributed by atoms with Crippen LogP contribution >= 0.6 is 38.9 Å². The summed E-state index contributed by atoms with van der Waals surface area (Å²) >= 11 is 10.8. The number of nitrogens with zero attached hydrogens (tertiary/aromatic N) is 1. The number of alkyl halides is 1. The fourth-order valence-corrected chi connectivity index (χ4v) is 3.15. The van der Waals surface area contributed by atoms with Crippen LogP contribution in [0.2, 0.25) is 5.02 Å². The van der Waals surface area contributed by atoms with Crippen LogP contribution in [0.4, 0.5) is 0 Å². The summed E-state index contributed by atoms with van der Waals surface area (Å²) in [6.07, 6.45) is 1.02. The number of rotatable bonds is 1. The van der Waals surface area contributed by atoms with Crippen molar-refractivity contribution < 1.29 is 4.79 Å². The van der Waals surface area contributed by atoms with Crippen LogP contribution in [-0.4, -0.2) is 28.7 Å². The van der Waals surface area contributed by atoms with E-state index in [1.165, 1.54) is 11.3 Å². The van der Waals surface area contributed by atoms with Gasteiger partial charge in [0.25, 0.3) is 5.91 Å². The van der Waals surface area contributed by atoms with E-state index in [0.717, 1.165) is 19.5 Å². The van der Waals surface area contributed by atoms with E-state index in [1.54, 1.807) is 6.07 Å². The summed E-state index contributed by atoms with van der Waals surface area (Å²) < 4.78 is 0. The first-order valence-corrected chi connectivity index (χ1v) is 6.52. The number of thiophene rings is 1. The van der Waals surface area contributed by atoms with Gasteiger partial charge in [0.15, 0.2) is 0 Å². The number of hydrogen-bond acceptors (Lipinski definition) is 2. The number of halogens is 2. The molecule has 76 valence electrons. The molecule has 1 fully saturated rings. The maximum atomic E-state index is 11.9. The number of amides is 1. The Kier molecular flexibility index (Phi) is 3.14. The maximum absolute atomic E-state index is 11.9. The Labute approximate surface area is 100.0 Å². The first-order chi connectivity index (χ1) is 6.68. The van der Waals surface area contributed by atoms with Gasteiger partial charge in [-0.2, -0.15) is 0 Å². The maximum Gasteiger partial charge on any atom is 0.265 e. The zero-order valence-electron chi connectivity index (χ0n) is 7.37. The third-order valence-electron chi connectivity index (χ3n) is 2.23. The Morgan fingerprint density at radius 2 is 2.50 bits per heavy atom. The van der Waals surface area contributed by atoms with Crippen LogP contribution < -0.4 is 0 Å². The summed E-state index contributed by atoms with van der Waals surface area (Å²) in [6.45, 7) is 1.61. The van der Waals surface area contributed by atoms with Crippen molar-refractivity contribution in [2.45, 2.75) is 11.2 Å². The van der Waals surface area contributed by atoms with E-state index in [9.17, 15) is 4.79 Å². The molecule has 1 saturated heterocycles. The molecule has 0 N–H and O–H groups in total. The highest BCUT2D eigenvalue weighted by molar-refractivity contribution is 9.09. The number of likely N-dealkylation sites (tertiary alicyclic amines) is 1. The van der Waals surface area contributed by atoms with Crippen molar-refractivity contribution in [1.29, 1.82) is 0 Å². The van der Waals surface area contributed by atoms with Gasteiger partial charge in [0, 0.05) is 17.9 Å². The lowest BCUT2D eigenvalue weighted by Gasteiger charge is -2.14. The lowest BCUT2D eigenvalue weighted by molar-refractivity contribution is 0.0798. The second kappa shape index (κ2) is 4.21. The van der Waals surface area contributed by atoms with Crippen molar-refractivity contribution >= 4 is 44.8 Å². The van der Waals surface area contributed by atoms with Gasteiger partial charge in [-0.1, -0.05) is 27.5 Å². The topological polar surface area (TPSA) is 20.3 Å². The van der Waals surface area contributed by atoms with Gasteiger partial charge in [-0.05, 0) is 17.9 Å². The highest BCUT2D eigenvalue weighted by Crippen LogP contribution is 2.26. The Morgan fingerprint density at radius 3 is 3.00 bits per heavy atom. The Balaban J connectivity index is 2.13. The molecule has 0 aromatic carbocycles. The third-order valence-corrected chi connectivity index (χ3v) is 4.31. The molecular formula is C9H9BrClNOS. The van der Waals surface area contributed by atoms with Crippen LogP contribution in [0, 0.1) is 0 Å². The fourth-order valence-electron chi connectivity index (χ4n) is 1.49. The lowest BCUT2D eigenvalue weighted by Crippen LogP contribution is -2.28. The van der Waals surface area contributed by atoms with Crippen molar-refractivity contribution in [2.24, 2.45) is 0 Å². The average Bonchev–Trinajstić information content (AvgIpc) is 2.73. The van der Waals surface area contributed by atoms with E-state index in [0.29, 0.717) is 14.7 Å². The van der Waals surface area contributed by atoms with Crippen molar-refractivity contribution in [1.82, 2.24) is 4.90 Å². The molecule has 0 aliphatic carbocycles. The highest BCUT2D eigenvalue weighted by Gasteiger charge is 2.26. The molecule has 1 amide bonds. The smallest absolute Gasteiger partial charge is 0.265 e. The second-order valence-corrected chi connectivity index (χ2v) is 5.85. The van der Waals surface area contributed by atoms with E-state index in [4.69, 9.17) is 11.6 Å². The molecule has 1 aliphatic heterocycles. The molecule has 1 aromatic rings. The molecule has 0 bridgehead atoms. The minimum atomic E-state index is 0.0620. The monoisotopic (exact) mass is 293 g/mol. The molecule has 0 saturated carbocycles. The summed E-state index contributed by atoms with van der Waals surface area (Å²) in [4.78, 5) is 14.8. The first-order valence-electron chi connectivity index (χ1n) is 4.35. The van der Waals surface area contributed by atoms with Crippen LogP contribution in [-0.2, 0) is 0 Å². The largest absolute Gasteiger partial charge is 0.337 e. The Morgan fingerprint density at radius 1 is 1.71 bits per heavy atom. The highest BCUT2D eigenvalue weighted by atomic mass is 79.9. The standard InChI is InChI=1S/C9H9BrClNOS/c10-6-1-3-12(5-6)9(13)8-7(11)2-4-14-8/h2,4,6H,1,3,5H2. The number of carbonyl (C=O) groups excluding carboxylic acids is 1. The molecule has 1 aromatic heterocycles. The summed E-state index contributed by atoms with van der Waals surface area (Å²) in [7, 11) is 0. The van der Waals surface area contributed by atoms with Gasteiger partial charge in [-0.15, -0.1) is 11.3 Å². The Hall–Kier alpha value is -0.0600. The molecule has 1 atom stereocenters. The zero-order valence-corrected chi connectivity index (χ0v) is 10.5. The number of hydrogen-bond donors (Lipinski definition) is 0. The van der Waals surface area contributed by atoms with Gasteiger partial charge in [-0.3, -0.25) is 4.79 Å². The average molecular weight is 295 g/mol. The lowest BCUT2D eigenvalue weighted by atomic mass is 10.4. The molecule has 2 heterocycles. The zero-order chi connectivity index (χ0) is 10.1. The van der Waals surface area contributed by atoms with Crippen molar-refractivity contribution in [3.63, 3.8) is 0 Å². The molecule has 2 nitrogen and oxygen atoms in total.